The Balaban J connectivity index is 1.46. The second-order valence-corrected chi connectivity index (χ2v) is 8.71. The molecule has 0 N–H and O–H groups in total. The van der Waals surface area contributed by atoms with E-state index < -0.39 is 0 Å². The highest BCUT2D eigenvalue weighted by Crippen LogP contribution is 2.34. The van der Waals surface area contributed by atoms with Gasteiger partial charge < -0.3 is 4.74 Å². The summed E-state index contributed by atoms with van der Waals surface area (Å²) in [5.74, 6) is 0.761. The van der Waals surface area contributed by atoms with Crippen molar-refractivity contribution in [3.05, 3.63) is 100.0 Å². The zero-order valence-corrected chi connectivity index (χ0v) is 19.4. The predicted octanol–water partition coefficient (Wildman–Crippen LogP) is 6.37. The Bertz CT molecular complexity index is 1180. The van der Waals surface area contributed by atoms with Crippen LogP contribution in [-0.2, 0) is 17.8 Å². The van der Waals surface area contributed by atoms with Crippen molar-refractivity contribution in [1.29, 1.82) is 0 Å². The highest BCUT2D eigenvalue weighted by atomic mass is 32.2. The molecule has 0 aliphatic carbocycles. The van der Waals surface area contributed by atoms with Crippen molar-refractivity contribution < 1.29 is 9.53 Å². The molecule has 0 aromatic heterocycles. The number of rotatable bonds is 6. The minimum Gasteiger partial charge on any atom is -0.489 e. The molecule has 32 heavy (non-hydrogen) atoms. The maximum Gasteiger partial charge on any atom is 0.266 e. The largest absolute Gasteiger partial charge is 0.489 e. The van der Waals surface area contributed by atoms with Crippen molar-refractivity contribution >= 4 is 34.6 Å². The van der Waals surface area contributed by atoms with E-state index in [1.165, 1.54) is 22.9 Å². The molecule has 1 saturated heterocycles. The summed E-state index contributed by atoms with van der Waals surface area (Å²) in [7, 11) is 1.77. The smallest absolute Gasteiger partial charge is 0.266 e. The van der Waals surface area contributed by atoms with E-state index in [0.717, 1.165) is 29.0 Å². The van der Waals surface area contributed by atoms with Gasteiger partial charge in [-0.1, -0.05) is 67.1 Å². The van der Waals surface area contributed by atoms with E-state index in [2.05, 4.69) is 38.1 Å². The number of likely N-dealkylation sites (N-methyl/N-ethyl adjacent to an activating group) is 1. The summed E-state index contributed by atoms with van der Waals surface area (Å²) in [5.41, 5.74) is 5.39. The highest BCUT2D eigenvalue weighted by Gasteiger charge is 2.30. The van der Waals surface area contributed by atoms with Crippen LogP contribution in [0.5, 0.6) is 5.75 Å². The van der Waals surface area contributed by atoms with E-state index >= 15 is 0 Å². The maximum absolute atomic E-state index is 12.7. The molecule has 162 valence electrons. The molecular weight excluding hydrogens is 416 g/mol. The first-order chi connectivity index (χ1) is 15.5. The molecule has 0 bridgehead atoms. The van der Waals surface area contributed by atoms with Crippen LogP contribution in [0.3, 0.4) is 0 Å². The lowest BCUT2D eigenvalue weighted by Crippen LogP contribution is -2.23. The number of ether oxygens (including phenoxy) is 1. The number of thioether (sulfide) groups is 1. The lowest BCUT2D eigenvalue weighted by atomic mass is 10.1. The zero-order chi connectivity index (χ0) is 22.5. The van der Waals surface area contributed by atoms with Gasteiger partial charge in [-0.05, 0) is 66.1 Å². The normalized spacial score (nSPS) is 16.2. The number of carbonyl (C=O) groups excluding carboxylic acids is 1. The molecule has 4 rings (SSSR count). The summed E-state index contributed by atoms with van der Waals surface area (Å²) in [6.45, 7) is 4.71. The molecule has 3 aromatic rings. The van der Waals surface area contributed by atoms with Crippen molar-refractivity contribution in [2.75, 3.05) is 7.05 Å². The van der Waals surface area contributed by atoms with Gasteiger partial charge in [-0.15, -0.1) is 0 Å². The molecular formula is C27H26N2O2S. The Morgan fingerprint density at radius 2 is 1.81 bits per heavy atom. The van der Waals surface area contributed by atoms with Gasteiger partial charge in [0.1, 0.15) is 12.4 Å². The molecule has 0 unspecified atom stereocenters. The minimum atomic E-state index is -0.0393. The third-order valence-electron chi connectivity index (χ3n) is 5.26. The average molecular weight is 443 g/mol. The fourth-order valence-corrected chi connectivity index (χ4v) is 4.43. The summed E-state index contributed by atoms with van der Waals surface area (Å²) in [6, 6.07) is 24.1. The monoisotopic (exact) mass is 442 g/mol. The quantitative estimate of drug-likeness (QED) is 0.417. The second kappa shape index (κ2) is 9.88. The number of aliphatic imine (C=N–C) groups is 1. The number of benzene rings is 3. The molecule has 3 aromatic carbocycles. The lowest BCUT2D eigenvalue weighted by molar-refractivity contribution is -0.121. The summed E-state index contributed by atoms with van der Waals surface area (Å²) in [6.07, 6.45) is 2.80. The van der Waals surface area contributed by atoms with Gasteiger partial charge in [0.05, 0.1) is 10.6 Å². The Kier molecular flexibility index (Phi) is 6.76. The van der Waals surface area contributed by atoms with Crippen LogP contribution in [0.2, 0.25) is 0 Å². The molecule has 1 amide bonds. The maximum atomic E-state index is 12.7. The van der Waals surface area contributed by atoms with Crippen LogP contribution < -0.4 is 4.74 Å². The third kappa shape index (κ3) is 5.11. The minimum absolute atomic E-state index is 0.0393. The Hall–Kier alpha value is -3.31. The van der Waals surface area contributed by atoms with E-state index in [9.17, 15) is 4.79 Å². The summed E-state index contributed by atoms with van der Waals surface area (Å²) >= 11 is 1.41. The molecule has 1 aliphatic rings. The number of nitrogens with zero attached hydrogens (tertiary/aromatic N) is 2. The number of amidine groups is 1. The van der Waals surface area contributed by atoms with Gasteiger partial charge in [-0.25, -0.2) is 4.99 Å². The number of aryl methyl sites for hydroxylation is 2. The molecule has 0 atom stereocenters. The first kappa shape index (κ1) is 21.9. The molecule has 5 heteroatoms. The number of carbonyl (C=O) groups is 1. The Morgan fingerprint density at radius 3 is 2.56 bits per heavy atom. The van der Waals surface area contributed by atoms with Crippen LogP contribution in [-0.4, -0.2) is 23.0 Å². The van der Waals surface area contributed by atoms with E-state index in [0.29, 0.717) is 16.7 Å². The number of hydrogen-bond donors (Lipinski definition) is 0. The van der Waals surface area contributed by atoms with Gasteiger partial charge in [-0.3, -0.25) is 9.69 Å². The van der Waals surface area contributed by atoms with Gasteiger partial charge >= 0.3 is 0 Å². The first-order valence-electron chi connectivity index (χ1n) is 10.7. The van der Waals surface area contributed by atoms with E-state index in [1.807, 2.05) is 54.6 Å². The Morgan fingerprint density at radius 1 is 1.03 bits per heavy atom. The zero-order valence-electron chi connectivity index (χ0n) is 18.5. The van der Waals surface area contributed by atoms with Crippen molar-refractivity contribution in [3.8, 4) is 5.75 Å². The van der Waals surface area contributed by atoms with Crippen molar-refractivity contribution in [3.63, 3.8) is 0 Å². The van der Waals surface area contributed by atoms with E-state index in [-0.39, 0.29) is 5.91 Å². The van der Waals surface area contributed by atoms with E-state index in [1.54, 1.807) is 11.9 Å². The first-order valence-corrected chi connectivity index (χ1v) is 11.5. The predicted molar refractivity (Wildman–Crippen MR) is 133 cm³/mol. The van der Waals surface area contributed by atoms with Crippen molar-refractivity contribution in [2.45, 2.75) is 26.9 Å². The molecule has 1 fully saturated rings. The van der Waals surface area contributed by atoms with Crippen LogP contribution in [0.25, 0.3) is 6.08 Å². The topological polar surface area (TPSA) is 41.9 Å². The summed E-state index contributed by atoms with van der Waals surface area (Å²) in [5, 5.41) is 0.695. The standard InChI is InChI=1S/C27H26N2O2S/c1-4-22-10-5-6-11-24(22)28-27-29(3)26(30)25(32-27)17-20-12-14-23(15-13-20)31-18-21-9-7-8-19(2)16-21/h5-17H,4,18H2,1-3H3/b25-17+,28-27?. The van der Waals surface area contributed by atoms with Gasteiger partial charge in [0.15, 0.2) is 5.17 Å². The SMILES string of the molecule is CCc1ccccc1N=C1S/C(=C/c2ccc(OCc3cccc(C)c3)cc2)C(=O)N1C. The molecule has 1 heterocycles. The number of hydrogen-bond acceptors (Lipinski definition) is 4. The van der Waals surface area contributed by atoms with Gasteiger partial charge in [-0.2, -0.15) is 0 Å². The number of para-hydroxylation sites is 1. The summed E-state index contributed by atoms with van der Waals surface area (Å²) < 4.78 is 5.90. The molecule has 1 aliphatic heterocycles. The molecule has 0 spiro atoms. The van der Waals surface area contributed by atoms with Crippen LogP contribution in [0.15, 0.2) is 82.7 Å². The van der Waals surface area contributed by atoms with Crippen LogP contribution in [0.1, 0.15) is 29.2 Å². The van der Waals surface area contributed by atoms with Crippen molar-refractivity contribution in [2.24, 2.45) is 4.99 Å². The highest BCUT2D eigenvalue weighted by molar-refractivity contribution is 8.18. The van der Waals surface area contributed by atoms with Crippen LogP contribution >= 0.6 is 11.8 Å². The molecule has 0 radical (unpaired) electrons. The lowest BCUT2D eigenvalue weighted by Gasteiger charge is -2.08. The number of amides is 1. The third-order valence-corrected chi connectivity index (χ3v) is 6.32. The Labute approximate surface area is 193 Å². The fraction of sp³-hybridized carbons (Fsp3) is 0.185. The fourth-order valence-electron chi connectivity index (χ4n) is 3.45. The molecule has 4 nitrogen and oxygen atoms in total. The van der Waals surface area contributed by atoms with Crippen LogP contribution in [0, 0.1) is 6.92 Å². The molecule has 0 saturated carbocycles. The van der Waals surface area contributed by atoms with Gasteiger partial charge in [0.25, 0.3) is 5.91 Å². The van der Waals surface area contributed by atoms with Crippen LogP contribution in [0.4, 0.5) is 5.69 Å². The second-order valence-electron chi connectivity index (χ2n) is 7.70. The van der Waals surface area contributed by atoms with Gasteiger partial charge in [0, 0.05) is 7.05 Å². The summed E-state index contributed by atoms with van der Waals surface area (Å²) in [4.78, 5) is 19.8. The van der Waals surface area contributed by atoms with Gasteiger partial charge in [0.2, 0.25) is 0 Å². The van der Waals surface area contributed by atoms with E-state index in [4.69, 9.17) is 9.73 Å². The average Bonchev–Trinajstić information content (AvgIpc) is 3.07. The van der Waals surface area contributed by atoms with Crippen molar-refractivity contribution in [1.82, 2.24) is 4.90 Å².